The number of piperazine rings is 1. The van der Waals surface area contributed by atoms with Crippen LogP contribution in [0.1, 0.15) is 25.3 Å². The second kappa shape index (κ2) is 13.6. The van der Waals surface area contributed by atoms with Crippen LogP contribution in [0.4, 0.5) is 0 Å². The van der Waals surface area contributed by atoms with Crippen LogP contribution in [0.25, 0.3) is 0 Å². The lowest BCUT2D eigenvalue weighted by molar-refractivity contribution is 0.0424. The third-order valence-corrected chi connectivity index (χ3v) is 5.59. The Hall–Kier alpha value is -1.67. The zero-order chi connectivity index (χ0) is 20.9. The van der Waals surface area contributed by atoms with Gasteiger partial charge in [0, 0.05) is 72.1 Å². The van der Waals surface area contributed by atoms with Crippen molar-refractivity contribution in [3.05, 3.63) is 35.9 Å². The van der Waals surface area contributed by atoms with E-state index >= 15 is 0 Å². The number of benzene rings is 1. The molecule has 0 aromatic heterocycles. The molecule has 0 aliphatic carbocycles. The summed E-state index contributed by atoms with van der Waals surface area (Å²) in [6.45, 7) is 13.6. The number of aliphatic imine (C=N–C) groups is 1. The van der Waals surface area contributed by atoms with E-state index in [0.717, 1.165) is 97.5 Å². The number of guanidine groups is 1. The van der Waals surface area contributed by atoms with Gasteiger partial charge in [0.2, 0.25) is 0 Å². The topological polar surface area (TPSA) is 61.4 Å². The Balaban J connectivity index is 1.26. The number of ether oxygens (including phenoxy) is 2. The number of nitrogens with one attached hydrogen (secondary N) is 2. The first-order chi connectivity index (χ1) is 14.8. The van der Waals surface area contributed by atoms with E-state index in [0.29, 0.717) is 0 Å². The third-order valence-electron chi connectivity index (χ3n) is 5.59. The lowest BCUT2D eigenvalue weighted by Crippen LogP contribution is -2.49. The summed E-state index contributed by atoms with van der Waals surface area (Å²) >= 11 is 0. The van der Waals surface area contributed by atoms with E-state index in [9.17, 15) is 0 Å². The fraction of sp³-hybridized carbons (Fsp3) is 0.696. The molecule has 1 aromatic rings. The van der Waals surface area contributed by atoms with Crippen molar-refractivity contribution in [1.29, 1.82) is 0 Å². The monoisotopic (exact) mass is 417 g/mol. The summed E-state index contributed by atoms with van der Waals surface area (Å²) in [5, 5.41) is 6.81. The minimum absolute atomic E-state index is 0.286. The summed E-state index contributed by atoms with van der Waals surface area (Å²) in [5.41, 5.74) is 1.40. The third kappa shape index (κ3) is 8.60. The van der Waals surface area contributed by atoms with Gasteiger partial charge in [0.1, 0.15) is 0 Å². The first-order valence-electron chi connectivity index (χ1n) is 11.5. The van der Waals surface area contributed by atoms with Gasteiger partial charge in [-0.3, -0.25) is 14.8 Å². The van der Waals surface area contributed by atoms with Gasteiger partial charge in [-0.05, 0) is 25.3 Å². The highest BCUT2D eigenvalue weighted by atomic mass is 16.5. The second-order valence-electron chi connectivity index (χ2n) is 8.00. The van der Waals surface area contributed by atoms with Gasteiger partial charge >= 0.3 is 0 Å². The molecule has 2 N–H and O–H groups in total. The Morgan fingerprint density at radius 2 is 1.93 bits per heavy atom. The average Bonchev–Trinajstić information content (AvgIpc) is 3.29. The summed E-state index contributed by atoms with van der Waals surface area (Å²) in [7, 11) is 0. The highest BCUT2D eigenvalue weighted by Gasteiger charge is 2.17. The first kappa shape index (κ1) is 23.0. The van der Waals surface area contributed by atoms with Crippen LogP contribution in [0.3, 0.4) is 0 Å². The highest BCUT2D eigenvalue weighted by Crippen LogP contribution is 2.09. The standard InChI is InChI=1S/C23H39N5O2/c1-2-24-23(25-10-6-17-30-22-9-18-29-20-22)26-11-12-27-13-15-28(16-14-27)19-21-7-4-3-5-8-21/h3-5,7-8,22H,2,6,9-20H2,1H3,(H2,24,25,26). The van der Waals surface area contributed by atoms with Crippen LogP contribution < -0.4 is 10.6 Å². The zero-order valence-corrected chi connectivity index (χ0v) is 18.5. The highest BCUT2D eigenvalue weighted by molar-refractivity contribution is 5.79. The second-order valence-corrected chi connectivity index (χ2v) is 8.00. The lowest BCUT2D eigenvalue weighted by atomic mass is 10.2. The minimum Gasteiger partial charge on any atom is -0.379 e. The number of nitrogens with zero attached hydrogens (tertiary/aromatic N) is 3. The van der Waals surface area contributed by atoms with Crippen molar-refractivity contribution in [3.63, 3.8) is 0 Å². The molecule has 1 atom stereocenters. The van der Waals surface area contributed by atoms with Gasteiger partial charge in [-0.15, -0.1) is 0 Å². The molecule has 0 bridgehead atoms. The van der Waals surface area contributed by atoms with E-state index in [2.05, 4.69) is 62.7 Å². The van der Waals surface area contributed by atoms with Gasteiger partial charge in [-0.2, -0.15) is 0 Å². The maximum atomic E-state index is 5.81. The summed E-state index contributed by atoms with van der Waals surface area (Å²) < 4.78 is 11.1. The van der Waals surface area contributed by atoms with E-state index < -0.39 is 0 Å². The lowest BCUT2D eigenvalue weighted by Gasteiger charge is -2.34. The Morgan fingerprint density at radius 3 is 2.67 bits per heavy atom. The van der Waals surface area contributed by atoms with Crippen LogP contribution >= 0.6 is 0 Å². The molecule has 1 aromatic carbocycles. The molecule has 3 rings (SSSR count). The summed E-state index contributed by atoms with van der Waals surface area (Å²) in [6.07, 6.45) is 2.25. The van der Waals surface area contributed by atoms with Crippen molar-refractivity contribution < 1.29 is 9.47 Å². The van der Waals surface area contributed by atoms with Crippen LogP contribution in [0, 0.1) is 0 Å². The summed E-state index contributed by atoms with van der Waals surface area (Å²) in [5.74, 6) is 0.907. The van der Waals surface area contributed by atoms with Crippen LogP contribution in [0.2, 0.25) is 0 Å². The predicted octanol–water partition coefficient (Wildman–Crippen LogP) is 1.55. The van der Waals surface area contributed by atoms with E-state index in [-0.39, 0.29) is 6.10 Å². The molecule has 0 radical (unpaired) electrons. The fourth-order valence-electron chi connectivity index (χ4n) is 3.84. The molecule has 2 saturated heterocycles. The largest absolute Gasteiger partial charge is 0.379 e. The normalized spacial score (nSPS) is 21.1. The van der Waals surface area contributed by atoms with Gasteiger partial charge in [0.05, 0.1) is 12.7 Å². The van der Waals surface area contributed by atoms with Gasteiger partial charge in [0.15, 0.2) is 5.96 Å². The molecular weight excluding hydrogens is 378 g/mol. The van der Waals surface area contributed by atoms with Crippen molar-refractivity contribution in [1.82, 2.24) is 20.4 Å². The molecule has 2 heterocycles. The molecule has 0 spiro atoms. The molecule has 7 nitrogen and oxygen atoms in total. The molecule has 30 heavy (non-hydrogen) atoms. The number of rotatable bonds is 11. The van der Waals surface area contributed by atoms with E-state index in [4.69, 9.17) is 9.47 Å². The number of hydrogen-bond acceptors (Lipinski definition) is 5. The zero-order valence-electron chi connectivity index (χ0n) is 18.5. The van der Waals surface area contributed by atoms with Crippen LogP contribution in [0.5, 0.6) is 0 Å². The Labute approximate surface area is 181 Å². The van der Waals surface area contributed by atoms with Gasteiger partial charge < -0.3 is 20.1 Å². The predicted molar refractivity (Wildman–Crippen MR) is 122 cm³/mol. The van der Waals surface area contributed by atoms with Crippen molar-refractivity contribution in [2.75, 3.05) is 72.2 Å². The SMILES string of the molecule is CCNC(=NCCCOC1CCOC1)NCCN1CCN(Cc2ccccc2)CC1. The van der Waals surface area contributed by atoms with E-state index in [1.807, 2.05) is 0 Å². The Kier molecular flexibility index (Phi) is 10.4. The Bertz CT molecular complexity index is 599. The molecule has 2 aliphatic heterocycles. The van der Waals surface area contributed by atoms with Gasteiger partial charge in [-0.25, -0.2) is 0 Å². The smallest absolute Gasteiger partial charge is 0.191 e. The molecule has 0 saturated carbocycles. The average molecular weight is 418 g/mol. The maximum Gasteiger partial charge on any atom is 0.191 e. The molecule has 1 unspecified atom stereocenters. The molecule has 168 valence electrons. The molecular formula is C23H39N5O2. The minimum atomic E-state index is 0.286. The van der Waals surface area contributed by atoms with Crippen molar-refractivity contribution >= 4 is 5.96 Å². The first-order valence-corrected chi connectivity index (χ1v) is 11.5. The summed E-state index contributed by atoms with van der Waals surface area (Å²) in [4.78, 5) is 9.76. The van der Waals surface area contributed by atoms with Crippen molar-refractivity contribution in [3.8, 4) is 0 Å². The molecule has 7 heteroatoms. The molecule has 0 amide bonds. The van der Waals surface area contributed by atoms with E-state index in [1.54, 1.807) is 0 Å². The maximum absolute atomic E-state index is 5.81. The quantitative estimate of drug-likeness (QED) is 0.324. The Morgan fingerprint density at radius 1 is 1.13 bits per heavy atom. The number of hydrogen-bond donors (Lipinski definition) is 2. The van der Waals surface area contributed by atoms with Crippen molar-refractivity contribution in [2.45, 2.75) is 32.4 Å². The fourth-order valence-corrected chi connectivity index (χ4v) is 3.84. The molecule has 2 aliphatic rings. The van der Waals surface area contributed by atoms with E-state index in [1.165, 1.54) is 5.56 Å². The van der Waals surface area contributed by atoms with Gasteiger partial charge in [0.25, 0.3) is 0 Å². The van der Waals surface area contributed by atoms with Crippen molar-refractivity contribution in [2.24, 2.45) is 4.99 Å². The van der Waals surface area contributed by atoms with Gasteiger partial charge in [-0.1, -0.05) is 30.3 Å². The molecule has 2 fully saturated rings. The summed E-state index contributed by atoms with van der Waals surface area (Å²) in [6, 6.07) is 10.8. The van der Waals surface area contributed by atoms with Crippen LogP contribution in [0.15, 0.2) is 35.3 Å². The van der Waals surface area contributed by atoms with Crippen LogP contribution in [-0.2, 0) is 16.0 Å². The van der Waals surface area contributed by atoms with Crippen LogP contribution in [-0.4, -0.2) is 94.0 Å².